The second-order valence-corrected chi connectivity index (χ2v) is 8.20. The van der Waals surface area contributed by atoms with Crippen molar-refractivity contribution in [2.24, 2.45) is 0 Å². The van der Waals surface area contributed by atoms with Crippen molar-refractivity contribution in [2.45, 2.75) is 38.3 Å². The van der Waals surface area contributed by atoms with Crippen molar-refractivity contribution in [1.29, 1.82) is 0 Å². The van der Waals surface area contributed by atoms with Crippen molar-refractivity contribution in [3.63, 3.8) is 0 Å². The monoisotopic (exact) mass is 380 g/mol. The largest absolute Gasteiger partial charge is 0.354 e. The van der Waals surface area contributed by atoms with Crippen LogP contribution in [-0.4, -0.2) is 22.5 Å². The fourth-order valence-electron chi connectivity index (χ4n) is 4.82. The van der Waals surface area contributed by atoms with Gasteiger partial charge >= 0.3 is 0 Å². The second-order valence-electron chi connectivity index (χ2n) is 8.20. The summed E-state index contributed by atoms with van der Waals surface area (Å²) < 4.78 is 0. The van der Waals surface area contributed by atoms with Gasteiger partial charge in [-0.25, -0.2) is 0 Å². The lowest BCUT2D eigenvalue weighted by Gasteiger charge is -2.36. The summed E-state index contributed by atoms with van der Waals surface area (Å²) in [5, 5.41) is 1.37. The summed E-state index contributed by atoms with van der Waals surface area (Å²) in [7, 11) is 0. The van der Waals surface area contributed by atoms with Crippen molar-refractivity contribution in [2.75, 3.05) is 6.54 Å². The Bertz CT molecular complexity index is 1070. The molecule has 1 atom stereocenters. The molecule has 4 aromatic rings. The van der Waals surface area contributed by atoms with Crippen molar-refractivity contribution >= 4 is 10.9 Å². The SMILES string of the molecule is c1ccc(CN2CCCCC2Cc2c(-c3ccccc3)[nH]c3ccccc23)cc1. The maximum atomic E-state index is 3.72. The van der Waals surface area contributed by atoms with E-state index in [0.29, 0.717) is 6.04 Å². The quantitative estimate of drug-likeness (QED) is 0.422. The Kier molecular flexibility index (Phi) is 5.19. The van der Waals surface area contributed by atoms with Crippen LogP contribution in [0.4, 0.5) is 0 Å². The topological polar surface area (TPSA) is 19.0 Å². The first-order valence-corrected chi connectivity index (χ1v) is 10.8. The van der Waals surface area contributed by atoms with Crippen LogP contribution >= 0.6 is 0 Å². The molecule has 0 spiro atoms. The van der Waals surface area contributed by atoms with E-state index in [-0.39, 0.29) is 0 Å². The van der Waals surface area contributed by atoms with Gasteiger partial charge in [0.15, 0.2) is 0 Å². The number of nitrogens with one attached hydrogen (secondary N) is 1. The van der Waals surface area contributed by atoms with E-state index >= 15 is 0 Å². The van der Waals surface area contributed by atoms with Gasteiger partial charge in [0.1, 0.15) is 0 Å². The lowest BCUT2D eigenvalue weighted by Crippen LogP contribution is -2.40. The molecule has 1 aromatic heterocycles. The average Bonchev–Trinajstić information content (AvgIpc) is 3.15. The van der Waals surface area contributed by atoms with Crippen molar-refractivity contribution in [1.82, 2.24) is 9.88 Å². The van der Waals surface area contributed by atoms with Crippen LogP contribution in [0.2, 0.25) is 0 Å². The molecule has 2 heterocycles. The molecule has 29 heavy (non-hydrogen) atoms. The van der Waals surface area contributed by atoms with Gasteiger partial charge in [0, 0.05) is 29.2 Å². The molecule has 0 amide bonds. The number of hydrogen-bond donors (Lipinski definition) is 1. The standard InChI is InChI=1S/C27H28N2/c1-3-11-21(12-4-1)20-29-18-10-9-15-23(29)19-25-24-16-7-8-17-26(24)28-27(25)22-13-5-2-6-14-22/h1-8,11-14,16-17,23,28H,9-10,15,18-20H2. The van der Waals surface area contributed by atoms with Gasteiger partial charge in [-0.1, -0.05) is 85.3 Å². The lowest BCUT2D eigenvalue weighted by molar-refractivity contribution is 0.139. The van der Waals surface area contributed by atoms with E-state index < -0.39 is 0 Å². The molecule has 146 valence electrons. The fourth-order valence-corrected chi connectivity index (χ4v) is 4.82. The number of nitrogens with zero attached hydrogens (tertiary/aromatic N) is 1. The number of piperidine rings is 1. The van der Waals surface area contributed by atoms with Gasteiger partial charge in [0.25, 0.3) is 0 Å². The van der Waals surface area contributed by atoms with Crippen LogP contribution in [0.1, 0.15) is 30.4 Å². The van der Waals surface area contributed by atoms with Crippen LogP contribution in [0, 0.1) is 0 Å². The van der Waals surface area contributed by atoms with Crippen LogP contribution in [-0.2, 0) is 13.0 Å². The molecule has 1 aliphatic rings. The Morgan fingerprint density at radius 1 is 0.793 bits per heavy atom. The van der Waals surface area contributed by atoms with Crippen LogP contribution < -0.4 is 0 Å². The van der Waals surface area contributed by atoms with Gasteiger partial charge in [-0.2, -0.15) is 0 Å². The molecule has 3 aromatic carbocycles. The first-order chi connectivity index (χ1) is 14.4. The number of H-pyrrole nitrogens is 1. The maximum absolute atomic E-state index is 3.72. The minimum absolute atomic E-state index is 0.589. The zero-order chi connectivity index (χ0) is 19.5. The number of aromatic nitrogens is 1. The fraction of sp³-hybridized carbons (Fsp3) is 0.259. The first-order valence-electron chi connectivity index (χ1n) is 10.8. The maximum Gasteiger partial charge on any atom is 0.0497 e. The summed E-state index contributed by atoms with van der Waals surface area (Å²) in [6.07, 6.45) is 5.02. The summed E-state index contributed by atoms with van der Waals surface area (Å²) in [5.41, 5.74) is 6.70. The van der Waals surface area contributed by atoms with Gasteiger partial charge in [-0.15, -0.1) is 0 Å². The molecule has 0 aliphatic carbocycles. The lowest BCUT2D eigenvalue weighted by atomic mass is 9.92. The Balaban J connectivity index is 1.50. The third-order valence-corrected chi connectivity index (χ3v) is 6.29. The minimum atomic E-state index is 0.589. The summed E-state index contributed by atoms with van der Waals surface area (Å²) >= 11 is 0. The number of rotatable bonds is 5. The molecule has 1 saturated heterocycles. The molecule has 1 unspecified atom stereocenters. The van der Waals surface area contributed by atoms with E-state index in [1.54, 1.807) is 0 Å². The van der Waals surface area contributed by atoms with E-state index in [9.17, 15) is 0 Å². The number of aromatic amines is 1. The molecular formula is C27H28N2. The van der Waals surface area contributed by atoms with E-state index in [1.165, 1.54) is 59.1 Å². The zero-order valence-corrected chi connectivity index (χ0v) is 16.9. The second kappa shape index (κ2) is 8.26. The third kappa shape index (κ3) is 3.86. The molecule has 2 nitrogen and oxygen atoms in total. The number of fused-ring (bicyclic) bond motifs is 1. The van der Waals surface area contributed by atoms with E-state index in [0.717, 1.165) is 13.0 Å². The Labute approximate surface area is 173 Å². The molecule has 1 fully saturated rings. The van der Waals surface area contributed by atoms with Crippen LogP contribution in [0.3, 0.4) is 0 Å². The minimum Gasteiger partial charge on any atom is -0.354 e. The highest BCUT2D eigenvalue weighted by Crippen LogP contribution is 2.33. The summed E-state index contributed by atoms with van der Waals surface area (Å²) in [5.74, 6) is 0. The highest BCUT2D eigenvalue weighted by molar-refractivity contribution is 5.90. The number of hydrogen-bond acceptors (Lipinski definition) is 1. The van der Waals surface area contributed by atoms with Gasteiger partial charge in [-0.05, 0) is 48.6 Å². The van der Waals surface area contributed by atoms with Crippen LogP contribution in [0.25, 0.3) is 22.2 Å². The summed E-state index contributed by atoms with van der Waals surface area (Å²) in [6.45, 7) is 2.25. The van der Waals surface area contributed by atoms with E-state index in [4.69, 9.17) is 0 Å². The first kappa shape index (κ1) is 18.2. The average molecular weight is 381 g/mol. The van der Waals surface area contributed by atoms with Crippen LogP contribution in [0.5, 0.6) is 0 Å². The van der Waals surface area contributed by atoms with E-state index in [2.05, 4.69) is 94.8 Å². The molecule has 0 radical (unpaired) electrons. The summed E-state index contributed by atoms with van der Waals surface area (Å²) in [4.78, 5) is 6.42. The van der Waals surface area contributed by atoms with Crippen molar-refractivity contribution in [3.05, 3.63) is 96.1 Å². The zero-order valence-electron chi connectivity index (χ0n) is 16.9. The predicted octanol–water partition coefficient (Wildman–Crippen LogP) is 6.43. The smallest absolute Gasteiger partial charge is 0.0497 e. The predicted molar refractivity (Wildman–Crippen MR) is 122 cm³/mol. The highest BCUT2D eigenvalue weighted by Gasteiger charge is 2.25. The van der Waals surface area contributed by atoms with Gasteiger partial charge in [0.05, 0.1) is 0 Å². The van der Waals surface area contributed by atoms with Crippen LogP contribution in [0.15, 0.2) is 84.9 Å². The number of likely N-dealkylation sites (tertiary alicyclic amines) is 1. The Morgan fingerprint density at radius 2 is 1.52 bits per heavy atom. The van der Waals surface area contributed by atoms with Gasteiger partial charge in [0.2, 0.25) is 0 Å². The molecule has 5 rings (SSSR count). The molecule has 1 aliphatic heterocycles. The Hall–Kier alpha value is -2.84. The highest BCUT2D eigenvalue weighted by atomic mass is 15.2. The molecular weight excluding hydrogens is 352 g/mol. The third-order valence-electron chi connectivity index (χ3n) is 6.29. The van der Waals surface area contributed by atoms with E-state index in [1.807, 2.05) is 0 Å². The molecule has 2 heteroatoms. The number of benzene rings is 3. The molecule has 0 bridgehead atoms. The normalized spacial score (nSPS) is 17.6. The molecule has 0 saturated carbocycles. The Morgan fingerprint density at radius 3 is 2.34 bits per heavy atom. The summed E-state index contributed by atoms with van der Waals surface area (Å²) in [6, 6.07) is 31.1. The van der Waals surface area contributed by atoms with Crippen molar-refractivity contribution < 1.29 is 0 Å². The van der Waals surface area contributed by atoms with Gasteiger partial charge in [-0.3, -0.25) is 4.90 Å². The van der Waals surface area contributed by atoms with Gasteiger partial charge < -0.3 is 4.98 Å². The van der Waals surface area contributed by atoms with Crippen molar-refractivity contribution in [3.8, 4) is 11.3 Å². The molecule has 1 N–H and O–H groups in total. The number of para-hydroxylation sites is 1.